The Bertz CT molecular complexity index is 9910. The Kier molecular flexibility index (Phi) is 23.4. The summed E-state index contributed by atoms with van der Waals surface area (Å²) in [5, 5.41) is 23.8. The molecule has 0 N–H and O–H groups in total. The van der Waals surface area contributed by atoms with Crippen molar-refractivity contribution in [1.29, 1.82) is 0 Å². The van der Waals surface area contributed by atoms with Crippen LogP contribution in [0.3, 0.4) is 0 Å². The molecule has 706 valence electrons. The van der Waals surface area contributed by atoms with Crippen LogP contribution in [0.5, 0.6) is 0 Å². The van der Waals surface area contributed by atoms with Gasteiger partial charge in [-0.1, -0.05) is 370 Å². The molecule has 0 saturated carbocycles. The lowest BCUT2D eigenvalue weighted by molar-refractivity contribution is 0.548. The first-order chi connectivity index (χ1) is 73.6. The van der Waals surface area contributed by atoms with Crippen LogP contribution >= 0.6 is 68.0 Å². The predicted octanol–water partition coefficient (Wildman–Crippen LogP) is 39.3. The molecule has 0 saturated heterocycles. The maximum absolute atomic E-state index is 14.6. The molecule has 29 rings (SSSR count). The molecule has 6 aromatic heterocycles. The first kappa shape index (κ1) is 90.8. The van der Waals surface area contributed by atoms with Gasteiger partial charge >= 0.3 is 0 Å². The van der Waals surface area contributed by atoms with Gasteiger partial charge in [-0.15, -0.1) is 68.0 Å². The summed E-state index contributed by atoms with van der Waals surface area (Å²) in [7, 11) is -2.59. The van der Waals surface area contributed by atoms with Crippen LogP contribution in [-0.4, -0.2) is 8.07 Å². The summed E-state index contributed by atoms with van der Waals surface area (Å²) in [6.45, 7) is 0. The molecule has 0 fully saturated rings. The van der Waals surface area contributed by atoms with Gasteiger partial charge < -0.3 is 14.7 Å². The molecular formula is C136H86F3N3S6Si. The summed E-state index contributed by atoms with van der Waals surface area (Å²) in [6, 6.07) is 185. The number of halogens is 3. The molecule has 0 unspecified atom stereocenters. The molecule has 0 spiro atoms. The molecule has 6 heterocycles. The van der Waals surface area contributed by atoms with Crippen LogP contribution in [0.15, 0.2) is 522 Å². The minimum Gasteiger partial charge on any atom is -0.310 e. The number of para-hydroxylation sites is 2. The molecule has 0 amide bonds. The second kappa shape index (κ2) is 38.5. The number of nitrogens with zero attached hydrogens (tertiary/aromatic N) is 3. The van der Waals surface area contributed by atoms with Crippen LogP contribution in [-0.2, 0) is 0 Å². The van der Waals surface area contributed by atoms with Crippen molar-refractivity contribution < 1.29 is 13.2 Å². The minimum absolute atomic E-state index is 0.243. The fourth-order valence-electron chi connectivity index (χ4n) is 22.3. The number of rotatable bonds is 17. The smallest absolute Gasteiger partial charge is 0.179 e. The van der Waals surface area contributed by atoms with E-state index in [9.17, 15) is 13.2 Å². The van der Waals surface area contributed by atoms with Gasteiger partial charge in [-0.2, -0.15) is 0 Å². The number of thiophene rings is 6. The van der Waals surface area contributed by atoms with Gasteiger partial charge in [0, 0.05) is 173 Å². The highest BCUT2D eigenvalue weighted by Crippen LogP contribution is 2.56. The number of hydrogen-bond donors (Lipinski definition) is 0. The third-order valence-electron chi connectivity index (χ3n) is 29.0. The number of benzene rings is 23. The second-order valence-corrected chi connectivity index (χ2v) is 47.6. The topological polar surface area (TPSA) is 9.72 Å². The van der Waals surface area contributed by atoms with Gasteiger partial charge in [0.1, 0.15) is 17.5 Å². The molecular weight excluding hydrogens is 1950 g/mol. The van der Waals surface area contributed by atoms with Crippen molar-refractivity contribution in [3.63, 3.8) is 0 Å². The average molecular weight is 2040 g/mol. The van der Waals surface area contributed by atoms with Gasteiger partial charge in [-0.05, 0) is 205 Å². The minimum atomic E-state index is -2.59. The largest absolute Gasteiger partial charge is 0.310 e. The van der Waals surface area contributed by atoms with E-state index in [1.807, 2.05) is 87.0 Å². The van der Waals surface area contributed by atoms with E-state index < -0.39 is 25.5 Å². The highest BCUT2D eigenvalue weighted by Gasteiger charge is 2.42. The molecule has 0 aliphatic carbocycles. The number of anilines is 9. The van der Waals surface area contributed by atoms with Crippen LogP contribution in [0.25, 0.3) is 176 Å². The molecule has 0 aliphatic rings. The Morgan fingerprint density at radius 1 is 0.161 bits per heavy atom. The van der Waals surface area contributed by atoms with Gasteiger partial charge in [0.25, 0.3) is 0 Å². The van der Waals surface area contributed by atoms with Crippen molar-refractivity contribution in [3.8, 4) is 44.5 Å². The van der Waals surface area contributed by atoms with Crippen LogP contribution in [0.2, 0.25) is 0 Å². The highest BCUT2D eigenvalue weighted by atomic mass is 32.1. The zero-order valence-corrected chi connectivity index (χ0v) is 86.0. The molecule has 29 aromatic rings. The maximum atomic E-state index is 14.6. The van der Waals surface area contributed by atoms with E-state index in [-0.39, 0.29) is 5.56 Å². The van der Waals surface area contributed by atoms with Crippen molar-refractivity contribution in [1.82, 2.24) is 0 Å². The van der Waals surface area contributed by atoms with Crippen LogP contribution in [0, 0.1) is 17.5 Å². The molecule has 0 bridgehead atoms. The predicted molar refractivity (Wildman–Crippen MR) is 643 cm³/mol. The van der Waals surface area contributed by atoms with Crippen LogP contribution in [0.4, 0.5) is 64.4 Å². The summed E-state index contributed by atoms with van der Waals surface area (Å²) in [5.41, 5.74) is 17.1. The number of fused-ring (bicyclic) bond motifs is 24. The third-order valence-corrected chi connectivity index (χ3v) is 40.8. The van der Waals surface area contributed by atoms with Crippen molar-refractivity contribution in [2.75, 3.05) is 14.7 Å². The zero-order valence-electron chi connectivity index (χ0n) is 80.1. The summed E-state index contributed by atoms with van der Waals surface area (Å²) in [6.07, 6.45) is 0. The van der Waals surface area contributed by atoms with Crippen molar-refractivity contribution in [2.24, 2.45) is 0 Å². The summed E-state index contributed by atoms with van der Waals surface area (Å²) in [5.74, 6) is -2.80. The molecule has 0 atom stereocenters. The van der Waals surface area contributed by atoms with Gasteiger partial charge in [0.15, 0.2) is 8.07 Å². The van der Waals surface area contributed by atoms with Crippen molar-refractivity contribution >= 4 is 280 Å². The van der Waals surface area contributed by atoms with E-state index >= 15 is 0 Å². The third kappa shape index (κ3) is 16.0. The standard InChI is InChI=1S/C54H37NS2Si.C46H29NS2.C36H20F3NS2/c1-5-16-40(17-6-1)55(48-25-15-27-50-52(48)53-51(56-50)37-36-47-46-24-13-14-26-49(46)57-54(47)53)41-32-28-38(29-33-41)39-30-34-45(35-31-39)58(42-18-7-2-8-19-42,43-20-9-3-10-21-43)44-22-11-4-12-23-44;1-3-12-30(13-4-1)32-22-26-34(27-23-32)47(35-28-24-33(25-29-35)31-14-5-2-6-15-31)39-19-11-21-41-43(39)44-45(49-41)37-17-8-7-16-36(37)42-38-18-9-10-20-40(38)48-46(42)44;37-22-19-27(38)33(28(39)20-22)21-13-15-24(16-14-21)40(23-7-2-1-3-8-23)29-10-6-12-31-34(29)35-32(41-31)18-17-26-25-9-4-5-11-30(25)42-36(26)35/h1-37H;1-29H;1-20H. The average Bonchev–Trinajstić information content (AvgIpc) is 1.48. The highest BCUT2D eigenvalue weighted by molar-refractivity contribution is 7.32. The Labute approximate surface area is 883 Å². The summed E-state index contributed by atoms with van der Waals surface area (Å²) >= 11 is 11.2. The normalized spacial score (nSPS) is 11.7. The van der Waals surface area contributed by atoms with E-state index in [1.54, 1.807) is 23.5 Å². The molecule has 23 aromatic carbocycles. The van der Waals surface area contributed by atoms with Crippen molar-refractivity contribution in [3.05, 3.63) is 539 Å². The van der Waals surface area contributed by atoms with E-state index in [2.05, 4.69) is 482 Å². The van der Waals surface area contributed by atoms with Gasteiger partial charge in [-0.3, -0.25) is 0 Å². The SMILES string of the molecule is Fc1cc(F)c(-c2ccc(N(c3ccccc3)c3cccc4sc5ccc6c7ccccc7sc6c5c34)cc2)c(F)c1.c1ccc(-c2ccc(N(c3ccc(-c4ccccc4)cc3)c3cccc4sc5c6ccccc6c6c7ccccc7sc6c5c34)cc2)cc1.c1ccc(N(c2ccc(-c3ccc([Si](c4ccccc4)(c4ccccc4)c4ccccc4)cc3)cc2)c2cccc3sc4ccc5c6ccccc6sc5c4c23)cc1. The van der Waals surface area contributed by atoms with E-state index in [0.29, 0.717) is 17.7 Å². The first-order valence-corrected chi connectivity index (χ1v) is 56.7. The maximum Gasteiger partial charge on any atom is 0.179 e. The Hall–Kier alpha value is -17.0. The number of hydrogen-bond acceptors (Lipinski definition) is 9. The van der Waals surface area contributed by atoms with E-state index in [4.69, 9.17) is 0 Å². The second-order valence-electron chi connectivity index (χ2n) is 37.4. The lowest BCUT2D eigenvalue weighted by Crippen LogP contribution is -2.74. The van der Waals surface area contributed by atoms with E-state index in [0.717, 1.165) is 39.8 Å². The Balaban J connectivity index is 0.000000112. The van der Waals surface area contributed by atoms with Gasteiger partial charge in [0.05, 0.1) is 22.6 Å². The fourth-order valence-corrected chi connectivity index (χ4v) is 34.6. The Morgan fingerprint density at radius 2 is 0.423 bits per heavy atom. The monoisotopic (exact) mass is 2040 g/mol. The van der Waals surface area contributed by atoms with Crippen molar-refractivity contribution in [2.45, 2.75) is 0 Å². The van der Waals surface area contributed by atoms with Gasteiger partial charge in [0.2, 0.25) is 0 Å². The van der Waals surface area contributed by atoms with Gasteiger partial charge in [-0.25, -0.2) is 13.2 Å². The fraction of sp³-hybridized carbons (Fsp3) is 0. The molecule has 0 radical (unpaired) electrons. The van der Waals surface area contributed by atoms with E-state index in [1.165, 1.54) is 197 Å². The van der Waals surface area contributed by atoms with Crippen LogP contribution < -0.4 is 35.4 Å². The molecule has 13 heteroatoms. The molecule has 149 heavy (non-hydrogen) atoms. The van der Waals surface area contributed by atoms with Crippen LogP contribution in [0.1, 0.15) is 0 Å². The molecule has 3 nitrogen and oxygen atoms in total. The quantitative estimate of drug-likeness (QED) is 0.0664. The lowest BCUT2D eigenvalue weighted by atomic mass is 9.99. The Morgan fingerprint density at radius 3 is 0.826 bits per heavy atom. The summed E-state index contributed by atoms with van der Waals surface area (Å²) < 4.78 is 58.3. The summed E-state index contributed by atoms with van der Waals surface area (Å²) in [4.78, 5) is 7.07. The zero-order chi connectivity index (χ0) is 99.2. The molecule has 0 aliphatic heterocycles. The first-order valence-electron chi connectivity index (χ1n) is 49.8. The lowest BCUT2D eigenvalue weighted by Gasteiger charge is -2.34.